The quantitative estimate of drug-likeness (QED) is 0.543. The predicted molar refractivity (Wildman–Crippen MR) is 102 cm³/mol. The average molecular weight is 451 g/mol. The highest BCUT2D eigenvalue weighted by Crippen LogP contribution is 2.31. The standard InChI is InChI=1S/C19H14BrClFN3O2/c20-12-3-8-16(22)15(9-12)19(26)25(14-6-7-14)10-17-23-24-18(27-17)11-1-4-13(21)5-2-11/h1-5,8-9,14H,6-7,10H2. The van der Waals surface area contributed by atoms with Crippen LogP contribution in [0, 0.1) is 5.82 Å². The van der Waals surface area contributed by atoms with Gasteiger partial charge in [-0.2, -0.15) is 0 Å². The van der Waals surface area contributed by atoms with E-state index in [0.717, 1.165) is 18.4 Å². The number of rotatable bonds is 5. The van der Waals surface area contributed by atoms with Gasteiger partial charge in [-0.25, -0.2) is 4.39 Å². The number of hydrogen-bond acceptors (Lipinski definition) is 4. The fourth-order valence-electron chi connectivity index (χ4n) is 2.74. The summed E-state index contributed by atoms with van der Waals surface area (Å²) in [6.07, 6.45) is 1.75. The van der Waals surface area contributed by atoms with Crippen LogP contribution in [0.3, 0.4) is 0 Å². The van der Waals surface area contributed by atoms with E-state index in [-0.39, 0.29) is 24.1 Å². The van der Waals surface area contributed by atoms with Crippen LogP contribution in [0.4, 0.5) is 4.39 Å². The fraction of sp³-hybridized carbons (Fsp3) is 0.211. The molecule has 0 radical (unpaired) electrons. The Bertz CT molecular complexity index is 989. The lowest BCUT2D eigenvalue weighted by Gasteiger charge is -2.21. The minimum absolute atomic E-state index is 0.0220. The molecule has 0 spiro atoms. The molecule has 5 nitrogen and oxygen atoms in total. The molecular formula is C19H14BrClFN3O2. The number of nitrogens with zero attached hydrogens (tertiary/aromatic N) is 3. The van der Waals surface area contributed by atoms with Crippen molar-refractivity contribution in [3.63, 3.8) is 0 Å². The monoisotopic (exact) mass is 449 g/mol. The van der Waals surface area contributed by atoms with Crippen LogP contribution in [0.5, 0.6) is 0 Å². The predicted octanol–water partition coefficient (Wildman–Crippen LogP) is 5.10. The van der Waals surface area contributed by atoms with Gasteiger partial charge in [-0.1, -0.05) is 27.5 Å². The molecule has 1 aromatic heterocycles. The van der Waals surface area contributed by atoms with Gasteiger partial charge in [0, 0.05) is 21.1 Å². The first-order valence-corrected chi connectivity index (χ1v) is 9.52. The van der Waals surface area contributed by atoms with Crippen LogP contribution >= 0.6 is 27.5 Å². The normalized spacial score (nSPS) is 13.6. The Morgan fingerprint density at radius 2 is 1.96 bits per heavy atom. The summed E-state index contributed by atoms with van der Waals surface area (Å²) in [4.78, 5) is 14.5. The molecule has 0 aliphatic heterocycles. The van der Waals surface area contributed by atoms with Crippen molar-refractivity contribution in [3.05, 3.63) is 69.2 Å². The van der Waals surface area contributed by atoms with Crippen molar-refractivity contribution in [2.24, 2.45) is 0 Å². The van der Waals surface area contributed by atoms with E-state index >= 15 is 0 Å². The first kappa shape index (κ1) is 18.1. The Balaban J connectivity index is 1.57. The summed E-state index contributed by atoms with van der Waals surface area (Å²) in [6.45, 7) is 0.135. The van der Waals surface area contributed by atoms with Crippen LogP contribution < -0.4 is 0 Å². The zero-order valence-electron chi connectivity index (χ0n) is 14.0. The summed E-state index contributed by atoms with van der Waals surface area (Å²) in [5, 5.41) is 8.68. The van der Waals surface area contributed by atoms with Gasteiger partial charge in [-0.15, -0.1) is 10.2 Å². The Labute approximate surface area is 168 Å². The maximum absolute atomic E-state index is 14.1. The second-order valence-electron chi connectivity index (χ2n) is 6.30. The number of carbonyl (C=O) groups is 1. The highest BCUT2D eigenvalue weighted by molar-refractivity contribution is 9.10. The van der Waals surface area contributed by atoms with Crippen LogP contribution in [0.15, 0.2) is 51.4 Å². The molecule has 2 aromatic carbocycles. The molecule has 0 unspecified atom stereocenters. The molecule has 8 heteroatoms. The molecule has 0 atom stereocenters. The number of aromatic nitrogens is 2. The SMILES string of the molecule is O=C(c1cc(Br)ccc1F)N(Cc1nnc(-c2ccc(Cl)cc2)o1)C1CC1. The Morgan fingerprint density at radius 1 is 1.22 bits per heavy atom. The largest absolute Gasteiger partial charge is 0.419 e. The van der Waals surface area contributed by atoms with Gasteiger partial charge in [-0.3, -0.25) is 4.79 Å². The summed E-state index contributed by atoms with van der Waals surface area (Å²) >= 11 is 9.17. The molecule has 138 valence electrons. The van der Waals surface area contributed by atoms with E-state index in [4.69, 9.17) is 16.0 Å². The first-order valence-electron chi connectivity index (χ1n) is 8.35. The van der Waals surface area contributed by atoms with Gasteiger partial charge in [0.1, 0.15) is 5.82 Å². The topological polar surface area (TPSA) is 59.2 Å². The minimum atomic E-state index is -0.554. The Kier molecular flexibility index (Phi) is 4.97. The van der Waals surface area contributed by atoms with Crippen LogP contribution in [0.25, 0.3) is 11.5 Å². The van der Waals surface area contributed by atoms with Gasteiger partial charge >= 0.3 is 0 Å². The van der Waals surface area contributed by atoms with E-state index in [0.29, 0.717) is 21.3 Å². The summed E-state index contributed by atoms with van der Waals surface area (Å²) in [5.74, 6) is -0.294. The molecule has 27 heavy (non-hydrogen) atoms. The Morgan fingerprint density at radius 3 is 2.67 bits per heavy atom. The lowest BCUT2D eigenvalue weighted by Crippen LogP contribution is -2.33. The molecule has 0 saturated heterocycles. The summed E-state index contributed by atoms with van der Waals surface area (Å²) < 4.78 is 20.5. The molecule has 1 heterocycles. The maximum Gasteiger partial charge on any atom is 0.257 e. The average Bonchev–Trinajstić information content (AvgIpc) is 3.40. The summed E-state index contributed by atoms with van der Waals surface area (Å²) in [5.41, 5.74) is 0.759. The number of benzene rings is 2. The highest BCUT2D eigenvalue weighted by atomic mass is 79.9. The third-order valence-corrected chi connectivity index (χ3v) is 5.02. The summed E-state index contributed by atoms with van der Waals surface area (Å²) in [7, 11) is 0. The third kappa shape index (κ3) is 4.04. The highest BCUT2D eigenvalue weighted by Gasteiger charge is 2.35. The third-order valence-electron chi connectivity index (χ3n) is 4.27. The van der Waals surface area contributed by atoms with E-state index < -0.39 is 5.82 Å². The van der Waals surface area contributed by atoms with Crippen molar-refractivity contribution in [2.45, 2.75) is 25.4 Å². The Hall–Kier alpha value is -2.25. The molecule has 1 saturated carbocycles. The number of carbonyl (C=O) groups excluding carboxylic acids is 1. The molecule has 1 fully saturated rings. The molecule has 0 bridgehead atoms. The number of amides is 1. The van der Waals surface area contributed by atoms with Gasteiger partial charge < -0.3 is 9.32 Å². The van der Waals surface area contributed by atoms with Crippen molar-refractivity contribution in [1.29, 1.82) is 0 Å². The number of halogens is 3. The lowest BCUT2D eigenvalue weighted by atomic mass is 10.2. The molecule has 1 aliphatic rings. The van der Waals surface area contributed by atoms with Gasteiger partial charge in [0.15, 0.2) is 0 Å². The molecular weight excluding hydrogens is 437 g/mol. The van der Waals surface area contributed by atoms with E-state index in [1.165, 1.54) is 12.1 Å². The zero-order valence-corrected chi connectivity index (χ0v) is 16.4. The van der Waals surface area contributed by atoms with E-state index in [1.807, 2.05) is 0 Å². The van der Waals surface area contributed by atoms with Crippen molar-refractivity contribution in [1.82, 2.24) is 15.1 Å². The van der Waals surface area contributed by atoms with Crippen LogP contribution in [0.2, 0.25) is 5.02 Å². The molecule has 3 aromatic rings. The second kappa shape index (κ2) is 7.40. The second-order valence-corrected chi connectivity index (χ2v) is 7.65. The van der Waals surface area contributed by atoms with E-state index in [2.05, 4.69) is 26.1 Å². The van der Waals surface area contributed by atoms with Crippen molar-refractivity contribution in [2.75, 3.05) is 0 Å². The van der Waals surface area contributed by atoms with E-state index in [9.17, 15) is 9.18 Å². The minimum Gasteiger partial charge on any atom is -0.419 e. The molecule has 1 amide bonds. The van der Waals surface area contributed by atoms with Gasteiger partial charge in [0.05, 0.1) is 12.1 Å². The van der Waals surface area contributed by atoms with Crippen LogP contribution in [-0.4, -0.2) is 27.0 Å². The van der Waals surface area contributed by atoms with Gasteiger partial charge in [0.25, 0.3) is 5.91 Å². The van der Waals surface area contributed by atoms with Crippen molar-refractivity contribution in [3.8, 4) is 11.5 Å². The molecule has 0 N–H and O–H groups in total. The zero-order chi connectivity index (χ0) is 19.0. The fourth-order valence-corrected chi connectivity index (χ4v) is 3.23. The van der Waals surface area contributed by atoms with Gasteiger partial charge in [0.2, 0.25) is 11.8 Å². The smallest absolute Gasteiger partial charge is 0.257 e. The summed E-state index contributed by atoms with van der Waals surface area (Å²) in [6, 6.07) is 11.4. The van der Waals surface area contributed by atoms with Gasteiger partial charge in [-0.05, 0) is 55.3 Å². The van der Waals surface area contributed by atoms with Crippen molar-refractivity contribution < 1.29 is 13.6 Å². The molecule has 4 rings (SSSR count). The first-order chi connectivity index (χ1) is 13.0. The lowest BCUT2D eigenvalue weighted by molar-refractivity contribution is 0.0709. The number of hydrogen-bond donors (Lipinski definition) is 0. The van der Waals surface area contributed by atoms with E-state index in [1.54, 1.807) is 35.2 Å². The van der Waals surface area contributed by atoms with Crippen molar-refractivity contribution >= 4 is 33.4 Å². The molecule has 1 aliphatic carbocycles. The van der Waals surface area contributed by atoms with Crippen LogP contribution in [-0.2, 0) is 6.54 Å². The van der Waals surface area contributed by atoms with Crippen LogP contribution in [0.1, 0.15) is 29.1 Å². The maximum atomic E-state index is 14.1.